The van der Waals surface area contributed by atoms with Gasteiger partial charge in [0.15, 0.2) is 0 Å². The highest BCUT2D eigenvalue weighted by Gasteiger charge is 2.74. The number of allylic oxidation sites excluding steroid dienone is 13. The van der Waals surface area contributed by atoms with Gasteiger partial charge in [-0.05, 0) is 77.5 Å². The van der Waals surface area contributed by atoms with Crippen LogP contribution in [0.25, 0.3) is 0 Å². The number of ether oxygens (including phenoxy) is 1. The predicted molar refractivity (Wildman–Crippen MR) is 175 cm³/mol. The Kier molecular flexibility index (Phi) is 10.2. The third kappa shape index (κ3) is 7.92. The fourth-order valence-corrected chi connectivity index (χ4v) is 7.10. The molecule has 1 heterocycles. The third-order valence-electron chi connectivity index (χ3n) is 9.17. The van der Waals surface area contributed by atoms with E-state index in [1.54, 1.807) is 6.92 Å². The lowest BCUT2D eigenvalue weighted by Gasteiger charge is -2.43. The van der Waals surface area contributed by atoms with Gasteiger partial charge in [0.1, 0.15) is 11.2 Å². The molecular formula is C38H54O4. The van der Waals surface area contributed by atoms with Crippen LogP contribution < -0.4 is 0 Å². The summed E-state index contributed by atoms with van der Waals surface area (Å²) in [5, 5.41) is 31.2. The maximum Gasteiger partial charge on any atom is 0.121 e. The molecule has 3 rings (SSSR count). The zero-order valence-corrected chi connectivity index (χ0v) is 27.6. The molecule has 0 bridgehead atoms. The molecular weight excluding hydrogens is 520 g/mol. The van der Waals surface area contributed by atoms with Crippen molar-refractivity contribution in [2.45, 2.75) is 124 Å². The number of hydrogen-bond acceptors (Lipinski definition) is 4. The monoisotopic (exact) mass is 574 g/mol. The van der Waals surface area contributed by atoms with Gasteiger partial charge < -0.3 is 20.1 Å². The van der Waals surface area contributed by atoms with E-state index < -0.39 is 11.7 Å². The molecule has 3 N–H and O–H groups in total. The molecule has 5 atom stereocenters. The van der Waals surface area contributed by atoms with E-state index in [4.69, 9.17) is 4.74 Å². The Balaban J connectivity index is 1.58. The maximum absolute atomic E-state index is 10.9. The molecule has 0 amide bonds. The molecule has 3 fully saturated rings. The van der Waals surface area contributed by atoms with Gasteiger partial charge in [-0.15, -0.1) is 5.73 Å². The van der Waals surface area contributed by atoms with Crippen molar-refractivity contribution in [3.8, 4) is 0 Å². The number of epoxide rings is 1. The van der Waals surface area contributed by atoms with Crippen LogP contribution in [0.4, 0.5) is 0 Å². The van der Waals surface area contributed by atoms with Crippen LogP contribution in [0.15, 0.2) is 100 Å². The Labute approximate surface area is 255 Å². The van der Waals surface area contributed by atoms with Gasteiger partial charge in [-0.2, -0.15) is 0 Å². The summed E-state index contributed by atoms with van der Waals surface area (Å²) in [6, 6.07) is 0. The first kappa shape index (κ1) is 34.0. The summed E-state index contributed by atoms with van der Waals surface area (Å²) < 4.78 is 6.24. The second kappa shape index (κ2) is 12.6. The van der Waals surface area contributed by atoms with Crippen LogP contribution in [-0.2, 0) is 4.74 Å². The van der Waals surface area contributed by atoms with Crippen molar-refractivity contribution in [1.29, 1.82) is 0 Å². The zero-order chi connectivity index (χ0) is 31.6. The Morgan fingerprint density at radius 3 is 1.79 bits per heavy atom. The fraction of sp³-hybridized carbons (Fsp3) is 0.553. The Hall–Kier alpha value is -2.46. The molecule has 0 unspecified atom stereocenters. The van der Waals surface area contributed by atoms with Crippen molar-refractivity contribution in [2.75, 3.05) is 0 Å². The average Bonchev–Trinajstić information content (AvgIpc) is 3.45. The van der Waals surface area contributed by atoms with Crippen LogP contribution >= 0.6 is 0 Å². The summed E-state index contributed by atoms with van der Waals surface area (Å²) >= 11 is 0. The van der Waals surface area contributed by atoms with Crippen molar-refractivity contribution in [1.82, 2.24) is 0 Å². The molecule has 0 spiro atoms. The molecule has 2 saturated carbocycles. The molecule has 0 aromatic carbocycles. The second-order valence-corrected chi connectivity index (χ2v) is 14.6. The van der Waals surface area contributed by atoms with E-state index in [9.17, 15) is 15.3 Å². The largest absolute Gasteiger partial charge is 0.393 e. The molecule has 230 valence electrons. The minimum absolute atomic E-state index is 0.105. The number of aliphatic hydroxyl groups excluding tert-OH is 2. The summed E-state index contributed by atoms with van der Waals surface area (Å²) in [4.78, 5) is 0. The lowest BCUT2D eigenvalue weighted by Crippen LogP contribution is -2.46. The summed E-state index contributed by atoms with van der Waals surface area (Å²) in [5.74, 6) is 0. The van der Waals surface area contributed by atoms with Crippen molar-refractivity contribution >= 4 is 0 Å². The van der Waals surface area contributed by atoms with E-state index >= 15 is 0 Å². The molecule has 3 aliphatic rings. The van der Waals surface area contributed by atoms with E-state index in [-0.39, 0.29) is 28.1 Å². The number of hydrogen-bond donors (Lipinski definition) is 3. The molecule has 0 aromatic heterocycles. The molecule has 4 heteroatoms. The minimum atomic E-state index is -1.05. The van der Waals surface area contributed by atoms with E-state index in [0.29, 0.717) is 19.3 Å². The van der Waals surface area contributed by atoms with E-state index in [2.05, 4.69) is 110 Å². The van der Waals surface area contributed by atoms with Gasteiger partial charge in [-0.1, -0.05) is 99.1 Å². The minimum Gasteiger partial charge on any atom is -0.393 e. The normalized spacial score (nSPS) is 35.6. The maximum atomic E-state index is 10.9. The van der Waals surface area contributed by atoms with Gasteiger partial charge >= 0.3 is 0 Å². The highest BCUT2D eigenvalue weighted by molar-refractivity contribution is 5.37. The van der Waals surface area contributed by atoms with Crippen LogP contribution in [0.3, 0.4) is 0 Å². The zero-order valence-electron chi connectivity index (χ0n) is 27.6. The highest BCUT2D eigenvalue weighted by atomic mass is 16.6. The first-order valence-electron chi connectivity index (χ1n) is 15.3. The van der Waals surface area contributed by atoms with Crippen molar-refractivity contribution in [2.24, 2.45) is 10.8 Å². The Morgan fingerprint density at radius 1 is 0.714 bits per heavy atom. The molecule has 1 aliphatic heterocycles. The van der Waals surface area contributed by atoms with Gasteiger partial charge in [0.2, 0.25) is 0 Å². The lowest BCUT2D eigenvalue weighted by atomic mass is 9.63. The van der Waals surface area contributed by atoms with Gasteiger partial charge in [-0.3, -0.25) is 0 Å². The van der Waals surface area contributed by atoms with Crippen LogP contribution in [0.2, 0.25) is 0 Å². The second-order valence-electron chi connectivity index (χ2n) is 14.6. The predicted octanol–water partition coefficient (Wildman–Crippen LogP) is 8.16. The van der Waals surface area contributed by atoms with Gasteiger partial charge in [0.25, 0.3) is 0 Å². The Bertz CT molecular complexity index is 1280. The third-order valence-corrected chi connectivity index (χ3v) is 9.17. The van der Waals surface area contributed by atoms with Crippen molar-refractivity contribution < 1.29 is 20.1 Å². The summed E-state index contributed by atoms with van der Waals surface area (Å²) in [6.07, 6.45) is 24.5. The molecule has 0 aromatic rings. The topological polar surface area (TPSA) is 73.2 Å². The molecule has 2 aliphatic carbocycles. The number of aliphatic hydroxyl groups is 3. The van der Waals surface area contributed by atoms with E-state index in [1.807, 2.05) is 25.2 Å². The summed E-state index contributed by atoms with van der Waals surface area (Å²) in [5.41, 5.74) is 6.63. The average molecular weight is 575 g/mol. The van der Waals surface area contributed by atoms with Gasteiger partial charge in [0, 0.05) is 23.8 Å². The number of rotatable bonds is 8. The van der Waals surface area contributed by atoms with E-state index in [1.165, 1.54) is 0 Å². The van der Waals surface area contributed by atoms with Crippen molar-refractivity contribution in [3.05, 3.63) is 100 Å². The first-order valence-corrected chi connectivity index (χ1v) is 15.3. The first-order chi connectivity index (χ1) is 19.3. The fourth-order valence-electron chi connectivity index (χ4n) is 7.10. The molecule has 0 radical (unpaired) electrons. The number of fused-ring (bicyclic) bond motifs is 1. The van der Waals surface area contributed by atoms with Crippen LogP contribution in [0, 0.1) is 10.8 Å². The van der Waals surface area contributed by atoms with Crippen molar-refractivity contribution in [3.63, 3.8) is 0 Å². The summed E-state index contributed by atoms with van der Waals surface area (Å²) in [7, 11) is 0. The van der Waals surface area contributed by atoms with E-state index in [0.717, 1.165) is 34.3 Å². The van der Waals surface area contributed by atoms with Gasteiger partial charge in [-0.25, -0.2) is 0 Å². The highest BCUT2D eigenvalue weighted by Crippen LogP contribution is 2.66. The van der Waals surface area contributed by atoms with Gasteiger partial charge in [0.05, 0.1) is 17.8 Å². The summed E-state index contributed by atoms with van der Waals surface area (Å²) in [6.45, 7) is 20.6. The van der Waals surface area contributed by atoms with Crippen LogP contribution in [0.1, 0.15) is 94.9 Å². The smallest absolute Gasteiger partial charge is 0.121 e. The quantitative estimate of drug-likeness (QED) is 0.155. The Morgan fingerprint density at radius 2 is 1.24 bits per heavy atom. The molecule has 42 heavy (non-hydrogen) atoms. The standard InChI is InChI=1S/C38H54O4/c1-27(13-11-15-29(3)19-20-33-34(5,6)23-31(39)25-36(33,9)41)17-18-28(2)14-12-16-30(4)21-22-38-35(7,8)24-32(40)26-37(38,10)42-38/h11-19,21-22,31-32,39-41H,23-26H2,1-10H3/b13-11+,14-12+,22-21+,27-17+,28-18+,29-15+,30-16+/t20?,31-,32-,36+,37+,38-/m0/s1. The molecule has 1 saturated heterocycles. The SMILES string of the molecule is C\C(C=C=C1C(C)(C)C[C@H](O)C[C@@]1(C)O)=C/C=C/C(C)=C/C=C(C)/C=C/C=C(C)/C=C/[C@@]12O[C@]1(C)C[C@@H](O)CC2(C)C. The lowest BCUT2D eigenvalue weighted by molar-refractivity contribution is -0.0268. The van der Waals surface area contributed by atoms with Crippen LogP contribution in [-0.4, -0.2) is 44.3 Å². The van der Waals surface area contributed by atoms with Crippen LogP contribution in [0.5, 0.6) is 0 Å². The molecule has 4 nitrogen and oxygen atoms in total.